The lowest BCUT2D eigenvalue weighted by atomic mass is 10.1. The number of phenols is 2. The van der Waals surface area contributed by atoms with Crippen LogP contribution >= 0.6 is 15.9 Å². The molecule has 92 valence electrons. The molecule has 0 aliphatic rings. The number of ether oxygens (including phenoxy) is 1. The van der Waals surface area contributed by atoms with E-state index in [4.69, 9.17) is 5.11 Å². The topological polar surface area (TPSA) is 83.8 Å². The molecular formula is C10H8BrFO5. The number of phenolic OH excluding ortho intramolecular Hbond substituents is 2. The Balaban J connectivity index is 3.28. The Morgan fingerprint density at radius 3 is 2.59 bits per heavy atom. The van der Waals surface area contributed by atoms with Crippen molar-refractivity contribution in [2.75, 3.05) is 6.61 Å². The summed E-state index contributed by atoms with van der Waals surface area (Å²) in [5, 5.41) is 18.4. The van der Waals surface area contributed by atoms with Gasteiger partial charge in [-0.3, -0.25) is 4.79 Å². The van der Waals surface area contributed by atoms with E-state index in [0.29, 0.717) is 6.07 Å². The molecule has 7 heteroatoms. The molecule has 0 atom stereocenters. The average molecular weight is 307 g/mol. The molecule has 0 amide bonds. The van der Waals surface area contributed by atoms with Crippen LogP contribution in [0, 0.1) is 5.82 Å². The molecule has 0 aliphatic carbocycles. The number of benzene rings is 1. The van der Waals surface area contributed by atoms with Crippen molar-refractivity contribution in [1.29, 1.82) is 0 Å². The fraction of sp³-hybridized carbons (Fsp3) is 0.200. The SMILES string of the molecule is CCOC(=O)C(=O)c1c(F)cc(O)c(O)c1Br. The summed E-state index contributed by atoms with van der Waals surface area (Å²) in [5.41, 5.74) is -0.682. The average Bonchev–Trinajstić information content (AvgIpc) is 2.26. The second-order valence-electron chi connectivity index (χ2n) is 2.96. The molecule has 17 heavy (non-hydrogen) atoms. The highest BCUT2D eigenvalue weighted by Gasteiger charge is 2.27. The van der Waals surface area contributed by atoms with Crippen LogP contribution in [-0.4, -0.2) is 28.6 Å². The van der Waals surface area contributed by atoms with Crippen molar-refractivity contribution in [3.8, 4) is 11.5 Å². The first-order valence-corrected chi connectivity index (χ1v) is 5.30. The molecule has 0 saturated carbocycles. The van der Waals surface area contributed by atoms with Gasteiger partial charge in [-0.15, -0.1) is 0 Å². The Bertz CT molecular complexity index is 486. The van der Waals surface area contributed by atoms with Gasteiger partial charge >= 0.3 is 5.97 Å². The third kappa shape index (κ3) is 2.55. The van der Waals surface area contributed by atoms with Gasteiger partial charge in [-0.25, -0.2) is 9.18 Å². The van der Waals surface area contributed by atoms with Crippen LogP contribution < -0.4 is 0 Å². The zero-order chi connectivity index (χ0) is 13.2. The molecule has 0 unspecified atom stereocenters. The van der Waals surface area contributed by atoms with Gasteiger partial charge < -0.3 is 14.9 Å². The Morgan fingerprint density at radius 2 is 2.06 bits per heavy atom. The van der Waals surface area contributed by atoms with E-state index in [1.165, 1.54) is 6.92 Å². The lowest BCUT2D eigenvalue weighted by Crippen LogP contribution is -2.19. The highest BCUT2D eigenvalue weighted by Crippen LogP contribution is 2.37. The van der Waals surface area contributed by atoms with E-state index >= 15 is 0 Å². The van der Waals surface area contributed by atoms with E-state index in [1.807, 2.05) is 0 Å². The van der Waals surface area contributed by atoms with Gasteiger partial charge in [-0.05, 0) is 22.9 Å². The van der Waals surface area contributed by atoms with Crippen molar-refractivity contribution in [2.45, 2.75) is 6.92 Å². The van der Waals surface area contributed by atoms with Gasteiger partial charge in [0.1, 0.15) is 5.82 Å². The number of ketones is 1. The highest BCUT2D eigenvalue weighted by molar-refractivity contribution is 9.10. The van der Waals surface area contributed by atoms with Gasteiger partial charge in [-0.1, -0.05) is 0 Å². The predicted molar refractivity (Wildman–Crippen MR) is 58.4 cm³/mol. The van der Waals surface area contributed by atoms with E-state index in [1.54, 1.807) is 0 Å². The van der Waals surface area contributed by atoms with Crippen molar-refractivity contribution < 1.29 is 28.9 Å². The third-order valence-corrected chi connectivity index (χ3v) is 2.63. The first-order chi connectivity index (χ1) is 7.90. The molecule has 1 aromatic carbocycles. The Morgan fingerprint density at radius 1 is 1.47 bits per heavy atom. The fourth-order valence-electron chi connectivity index (χ4n) is 1.10. The fourth-order valence-corrected chi connectivity index (χ4v) is 1.68. The number of carbonyl (C=O) groups excluding carboxylic acids is 2. The third-order valence-electron chi connectivity index (χ3n) is 1.86. The maximum absolute atomic E-state index is 13.4. The predicted octanol–water partition coefficient (Wildman–Crippen LogP) is 1.75. The second-order valence-corrected chi connectivity index (χ2v) is 3.76. The van der Waals surface area contributed by atoms with E-state index < -0.39 is 39.1 Å². The van der Waals surface area contributed by atoms with Gasteiger partial charge in [0, 0.05) is 6.07 Å². The highest BCUT2D eigenvalue weighted by atomic mass is 79.9. The molecule has 5 nitrogen and oxygen atoms in total. The number of Topliss-reactive ketones (excluding diaryl/α,β-unsaturated/α-hetero) is 1. The molecule has 2 N–H and O–H groups in total. The molecule has 0 bridgehead atoms. The van der Waals surface area contributed by atoms with Gasteiger partial charge in [0.05, 0.1) is 16.6 Å². The molecule has 0 saturated heterocycles. The summed E-state index contributed by atoms with van der Waals surface area (Å²) in [6.07, 6.45) is 0. The minimum Gasteiger partial charge on any atom is -0.504 e. The summed E-state index contributed by atoms with van der Waals surface area (Å²) < 4.78 is 17.4. The van der Waals surface area contributed by atoms with Crippen LogP contribution in [0.3, 0.4) is 0 Å². The van der Waals surface area contributed by atoms with Crippen LogP contribution in [0.25, 0.3) is 0 Å². The first-order valence-electron chi connectivity index (χ1n) is 4.51. The summed E-state index contributed by atoms with van der Waals surface area (Å²) >= 11 is 2.72. The quantitative estimate of drug-likeness (QED) is 0.385. The molecule has 0 aliphatic heterocycles. The monoisotopic (exact) mass is 306 g/mol. The normalized spacial score (nSPS) is 10.1. The van der Waals surface area contributed by atoms with Gasteiger partial charge in [0.25, 0.3) is 5.78 Å². The summed E-state index contributed by atoms with van der Waals surface area (Å²) in [6, 6.07) is 0.534. The molecular weight excluding hydrogens is 299 g/mol. The van der Waals surface area contributed by atoms with E-state index in [-0.39, 0.29) is 6.61 Å². The van der Waals surface area contributed by atoms with Crippen molar-refractivity contribution >= 4 is 27.7 Å². The number of rotatable bonds is 3. The number of hydrogen-bond acceptors (Lipinski definition) is 5. The number of halogens is 2. The minimum absolute atomic E-state index is 0.0339. The zero-order valence-corrected chi connectivity index (χ0v) is 10.2. The molecule has 0 radical (unpaired) electrons. The number of esters is 1. The van der Waals surface area contributed by atoms with Crippen LogP contribution in [0.15, 0.2) is 10.5 Å². The minimum atomic E-state index is -1.24. The van der Waals surface area contributed by atoms with Crippen LogP contribution in [0.5, 0.6) is 11.5 Å². The van der Waals surface area contributed by atoms with Crippen LogP contribution in [0.4, 0.5) is 4.39 Å². The van der Waals surface area contributed by atoms with E-state index in [9.17, 15) is 19.1 Å². The largest absolute Gasteiger partial charge is 0.504 e. The maximum atomic E-state index is 13.4. The summed E-state index contributed by atoms with van der Waals surface area (Å²) in [6.45, 7) is 1.46. The summed E-state index contributed by atoms with van der Waals surface area (Å²) in [4.78, 5) is 22.6. The number of hydrogen-bond donors (Lipinski definition) is 2. The smallest absolute Gasteiger partial charge is 0.379 e. The van der Waals surface area contributed by atoms with Crippen molar-refractivity contribution in [2.24, 2.45) is 0 Å². The molecule has 1 aromatic rings. The Labute approximate surface area is 104 Å². The van der Waals surface area contributed by atoms with Crippen LogP contribution in [0.2, 0.25) is 0 Å². The summed E-state index contributed by atoms with van der Waals surface area (Å²) in [5.74, 6) is -5.08. The van der Waals surface area contributed by atoms with Gasteiger partial charge in [0.15, 0.2) is 11.5 Å². The molecule has 0 fully saturated rings. The lowest BCUT2D eigenvalue weighted by molar-refractivity contribution is -0.137. The molecule has 1 rings (SSSR count). The molecule has 0 aromatic heterocycles. The van der Waals surface area contributed by atoms with Gasteiger partial charge in [-0.2, -0.15) is 0 Å². The Hall–Kier alpha value is -1.63. The first kappa shape index (κ1) is 13.4. The van der Waals surface area contributed by atoms with Crippen molar-refractivity contribution in [3.05, 3.63) is 21.9 Å². The Kier molecular flexibility index (Phi) is 4.06. The molecule has 0 spiro atoms. The lowest BCUT2D eigenvalue weighted by Gasteiger charge is -2.07. The van der Waals surface area contributed by atoms with E-state index in [2.05, 4.69) is 20.7 Å². The molecule has 0 heterocycles. The number of carbonyl (C=O) groups is 2. The summed E-state index contributed by atoms with van der Waals surface area (Å²) in [7, 11) is 0. The van der Waals surface area contributed by atoms with Crippen LogP contribution in [-0.2, 0) is 9.53 Å². The zero-order valence-electron chi connectivity index (χ0n) is 8.66. The van der Waals surface area contributed by atoms with Crippen LogP contribution in [0.1, 0.15) is 17.3 Å². The standard InChI is InChI=1S/C10H8BrFO5/c1-2-17-10(16)9(15)6-4(12)3-5(13)8(14)7(6)11/h3,13-14H,2H2,1H3. The van der Waals surface area contributed by atoms with Crippen molar-refractivity contribution in [1.82, 2.24) is 0 Å². The number of aromatic hydroxyl groups is 2. The maximum Gasteiger partial charge on any atom is 0.379 e. The van der Waals surface area contributed by atoms with Gasteiger partial charge in [0.2, 0.25) is 0 Å². The van der Waals surface area contributed by atoms with E-state index in [0.717, 1.165) is 0 Å². The second kappa shape index (κ2) is 5.13. The van der Waals surface area contributed by atoms with Crippen molar-refractivity contribution in [3.63, 3.8) is 0 Å².